The van der Waals surface area contributed by atoms with E-state index in [0.717, 1.165) is 11.8 Å². The first-order valence-electron chi connectivity index (χ1n) is 7.38. The minimum absolute atomic E-state index is 0.0651. The van der Waals surface area contributed by atoms with Crippen LogP contribution in [0.3, 0.4) is 0 Å². The van der Waals surface area contributed by atoms with Gasteiger partial charge in [-0.1, -0.05) is 17.3 Å². The van der Waals surface area contributed by atoms with Crippen molar-refractivity contribution in [3.05, 3.63) is 41.9 Å². The Bertz CT molecular complexity index is 724. The monoisotopic (exact) mass is 384 g/mol. The number of halogens is 1. The molecule has 0 spiro atoms. The van der Waals surface area contributed by atoms with Crippen molar-refractivity contribution in [1.82, 2.24) is 5.16 Å². The molecule has 0 aliphatic heterocycles. The zero-order valence-corrected chi connectivity index (χ0v) is 15.1. The van der Waals surface area contributed by atoms with Crippen LogP contribution in [0.4, 0.5) is 10.2 Å². The molecule has 6 nitrogen and oxygen atoms in total. The van der Waals surface area contributed by atoms with Gasteiger partial charge in [-0.05, 0) is 19.1 Å². The highest BCUT2D eigenvalue weighted by molar-refractivity contribution is 8.00. The van der Waals surface area contributed by atoms with Crippen LogP contribution < -0.4 is 5.32 Å². The number of thioether (sulfide) groups is 2. The van der Waals surface area contributed by atoms with Crippen molar-refractivity contribution in [3.63, 3.8) is 0 Å². The Morgan fingerprint density at radius 2 is 2.12 bits per heavy atom. The Labute approximate surface area is 152 Å². The zero-order chi connectivity index (χ0) is 18.1. The van der Waals surface area contributed by atoms with Crippen LogP contribution in [0.2, 0.25) is 0 Å². The number of carbonyl (C=O) groups is 2. The minimum Gasteiger partial charge on any atom is -0.464 e. The summed E-state index contributed by atoms with van der Waals surface area (Å²) in [5, 5.41) is 6.20. The van der Waals surface area contributed by atoms with E-state index in [1.807, 2.05) is 0 Å². The average Bonchev–Trinajstić information content (AvgIpc) is 2.98. The number of nitrogens with one attached hydrogen (secondary N) is 1. The minimum atomic E-state index is -0.413. The number of anilines is 1. The molecule has 1 aromatic carbocycles. The van der Waals surface area contributed by atoms with E-state index in [4.69, 9.17) is 9.26 Å². The molecule has 0 aliphatic rings. The summed E-state index contributed by atoms with van der Waals surface area (Å²) in [6.45, 7) is 1.90. The van der Waals surface area contributed by atoms with E-state index >= 15 is 0 Å². The number of aromatic nitrogens is 1. The first kappa shape index (κ1) is 19.3. The van der Waals surface area contributed by atoms with Crippen molar-refractivity contribution in [2.24, 2.45) is 0 Å². The summed E-state index contributed by atoms with van der Waals surface area (Å²) in [4.78, 5) is 23.7. The molecule has 9 heteroatoms. The van der Waals surface area contributed by atoms with Gasteiger partial charge in [-0.15, -0.1) is 23.5 Å². The second-order valence-electron chi connectivity index (χ2n) is 4.86. The molecule has 2 rings (SSSR count). The number of hydrogen-bond donors (Lipinski definition) is 1. The molecule has 1 N–H and O–H groups in total. The predicted molar refractivity (Wildman–Crippen MR) is 95.3 cm³/mol. The lowest BCUT2D eigenvalue weighted by Crippen LogP contribution is -2.16. The summed E-state index contributed by atoms with van der Waals surface area (Å²) >= 11 is 2.42. The summed E-state index contributed by atoms with van der Waals surface area (Å²) in [6, 6.07) is 8.03. The number of nitrogens with zero attached hydrogens (tertiary/aromatic N) is 1. The van der Waals surface area contributed by atoms with Crippen LogP contribution in [0.1, 0.15) is 5.76 Å². The van der Waals surface area contributed by atoms with Crippen LogP contribution in [0, 0.1) is 12.7 Å². The third kappa shape index (κ3) is 7.18. The average molecular weight is 384 g/mol. The fourth-order valence-electron chi connectivity index (χ4n) is 1.74. The molecule has 25 heavy (non-hydrogen) atoms. The van der Waals surface area contributed by atoms with Crippen molar-refractivity contribution in [1.29, 1.82) is 0 Å². The van der Waals surface area contributed by atoms with Gasteiger partial charge in [0.2, 0.25) is 5.91 Å². The molecule has 0 unspecified atom stereocenters. The highest BCUT2D eigenvalue weighted by atomic mass is 32.2. The molecule has 0 saturated heterocycles. The summed E-state index contributed by atoms with van der Waals surface area (Å²) in [5.74, 6) is 0.591. The maximum Gasteiger partial charge on any atom is 0.315 e. The number of benzene rings is 1. The van der Waals surface area contributed by atoms with Crippen molar-refractivity contribution < 1.29 is 23.2 Å². The van der Waals surface area contributed by atoms with Crippen LogP contribution in [0.15, 0.2) is 39.8 Å². The number of rotatable bonds is 9. The van der Waals surface area contributed by atoms with Gasteiger partial charge < -0.3 is 14.6 Å². The Kier molecular flexibility index (Phi) is 7.80. The van der Waals surface area contributed by atoms with Gasteiger partial charge in [-0.2, -0.15) is 0 Å². The van der Waals surface area contributed by atoms with Gasteiger partial charge in [0, 0.05) is 16.7 Å². The van der Waals surface area contributed by atoms with Gasteiger partial charge in [0.15, 0.2) is 5.82 Å². The lowest BCUT2D eigenvalue weighted by Gasteiger charge is -2.05. The van der Waals surface area contributed by atoms with Crippen molar-refractivity contribution in [2.75, 3.05) is 29.2 Å². The smallest absolute Gasteiger partial charge is 0.315 e. The summed E-state index contributed by atoms with van der Waals surface area (Å²) in [7, 11) is 0. The SMILES string of the molecule is Cc1cc(NC(=O)CSCC(=O)OCCSc2ccccc2F)no1. The number of hydrogen-bond acceptors (Lipinski definition) is 7. The molecule has 0 saturated carbocycles. The standard InChI is InChI=1S/C16H17FN2O4S2/c1-11-8-14(19-23-11)18-15(20)9-24-10-16(21)22-6-7-25-13-5-3-2-4-12(13)17/h2-5,8H,6-7,9-10H2,1H3,(H,18,19,20). The summed E-state index contributed by atoms with van der Waals surface area (Å²) in [5.41, 5.74) is 0. The topological polar surface area (TPSA) is 81.4 Å². The first-order chi connectivity index (χ1) is 12.0. The van der Waals surface area contributed by atoms with E-state index in [1.54, 1.807) is 31.2 Å². The molecule has 0 aliphatic carbocycles. The third-order valence-corrected chi connectivity index (χ3v) is 4.71. The zero-order valence-electron chi connectivity index (χ0n) is 13.5. The van der Waals surface area contributed by atoms with E-state index in [-0.39, 0.29) is 29.8 Å². The molecule has 0 bridgehead atoms. The van der Waals surface area contributed by atoms with Gasteiger partial charge in [-0.25, -0.2) is 4.39 Å². The maximum absolute atomic E-state index is 13.4. The van der Waals surface area contributed by atoms with E-state index < -0.39 is 5.97 Å². The van der Waals surface area contributed by atoms with Crippen LogP contribution in [-0.2, 0) is 14.3 Å². The Morgan fingerprint density at radius 3 is 2.84 bits per heavy atom. The van der Waals surface area contributed by atoms with E-state index in [9.17, 15) is 14.0 Å². The lowest BCUT2D eigenvalue weighted by atomic mass is 10.3. The first-order valence-corrected chi connectivity index (χ1v) is 9.52. The Balaban J connectivity index is 1.55. The Morgan fingerprint density at radius 1 is 1.32 bits per heavy atom. The second kappa shape index (κ2) is 10.1. The number of amides is 1. The van der Waals surface area contributed by atoms with Gasteiger partial charge in [-0.3, -0.25) is 9.59 Å². The molecule has 2 aromatic rings. The quantitative estimate of drug-likeness (QED) is 0.404. The van der Waals surface area contributed by atoms with Crippen LogP contribution >= 0.6 is 23.5 Å². The Hall–Kier alpha value is -2.00. The molecule has 134 valence electrons. The van der Waals surface area contributed by atoms with Crippen LogP contribution in [-0.4, -0.2) is 40.9 Å². The van der Waals surface area contributed by atoms with Crippen LogP contribution in [0.25, 0.3) is 0 Å². The number of esters is 1. The molecule has 0 radical (unpaired) electrons. The molecule has 1 aromatic heterocycles. The largest absolute Gasteiger partial charge is 0.464 e. The lowest BCUT2D eigenvalue weighted by molar-refractivity contribution is -0.139. The highest BCUT2D eigenvalue weighted by Crippen LogP contribution is 2.20. The second-order valence-corrected chi connectivity index (χ2v) is 6.99. The van der Waals surface area contributed by atoms with Gasteiger partial charge >= 0.3 is 5.97 Å². The maximum atomic E-state index is 13.4. The molecule has 1 amide bonds. The predicted octanol–water partition coefficient (Wildman–Crippen LogP) is 3.13. The molecule has 0 fully saturated rings. The van der Waals surface area contributed by atoms with E-state index in [2.05, 4.69) is 10.5 Å². The highest BCUT2D eigenvalue weighted by Gasteiger charge is 2.09. The van der Waals surface area contributed by atoms with E-state index in [1.165, 1.54) is 17.8 Å². The fraction of sp³-hybridized carbons (Fsp3) is 0.312. The van der Waals surface area contributed by atoms with E-state index in [0.29, 0.717) is 22.2 Å². The summed E-state index contributed by atoms with van der Waals surface area (Å²) < 4.78 is 23.3. The van der Waals surface area contributed by atoms with Crippen molar-refractivity contribution >= 4 is 41.2 Å². The third-order valence-electron chi connectivity index (χ3n) is 2.79. The normalized spacial score (nSPS) is 10.5. The van der Waals surface area contributed by atoms with Crippen molar-refractivity contribution in [2.45, 2.75) is 11.8 Å². The van der Waals surface area contributed by atoms with Crippen molar-refractivity contribution in [3.8, 4) is 0 Å². The molecular weight excluding hydrogens is 367 g/mol. The molecule has 1 heterocycles. The van der Waals surface area contributed by atoms with Crippen LogP contribution in [0.5, 0.6) is 0 Å². The molecule has 0 atom stereocenters. The summed E-state index contributed by atoms with van der Waals surface area (Å²) in [6.07, 6.45) is 0. The number of carbonyl (C=O) groups excluding carboxylic acids is 2. The number of aryl methyl sites for hydroxylation is 1. The fourth-order valence-corrected chi connectivity index (χ4v) is 3.12. The van der Waals surface area contributed by atoms with Gasteiger partial charge in [0.25, 0.3) is 0 Å². The van der Waals surface area contributed by atoms with Gasteiger partial charge in [0.05, 0.1) is 11.5 Å². The number of ether oxygens (including phenoxy) is 1. The van der Waals surface area contributed by atoms with Gasteiger partial charge in [0.1, 0.15) is 18.2 Å². The molecular formula is C16H17FN2O4S2.